The second-order valence-electron chi connectivity index (χ2n) is 4.83. The van der Waals surface area contributed by atoms with Gasteiger partial charge in [-0.2, -0.15) is 4.73 Å². The molecule has 8 nitrogen and oxygen atoms in total. The molecule has 0 fully saturated rings. The van der Waals surface area contributed by atoms with Crippen molar-refractivity contribution in [1.82, 2.24) is 5.32 Å². The number of aromatic nitrogens is 1. The molecule has 0 spiro atoms. The molecule has 1 heterocycles. The van der Waals surface area contributed by atoms with Gasteiger partial charge in [0.2, 0.25) is 5.91 Å². The highest BCUT2D eigenvalue weighted by Gasteiger charge is 2.12. The summed E-state index contributed by atoms with van der Waals surface area (Å²) >= 11 is 3.29. The fourth-order valence-electron chi connectivity index (χ4n) is 1.75. The van der Waals surface area contributed by atoms with E-state index >= 15 is 0 Å². The van der Waals surface area contributed by atoms with Gasteiger partial charge in [0.15, 0.2) is 19.0 Å². The molecule has 130 valence electrons. The van der Waals surface area contributed by atoms with Gasteiger partial charge in [0.25, 0.3) is 5.91 Å². The van der Waals surface area contributed by atoms with Crippen LogP contribution in [0.4, 0.5) is 5.69 Å². The number of carbonyl (C=O) groups is 3. The fraction of sp³-hybridized carbons (Fsp3) is 0.125. The summed E-state index contributed by atoms with van der Waals surface area (Å²) in [4.78, 5) is 35.1. The number of halogens is 1. The monoisotopic (exact) mass is 407 g/mol. The number of benzene rings is 1. The highest BCUT2D eigenvalue weighted by atomic mass is 79.9. The first-order valence-corrected chi connectivity index (χ1v) is 7.92. The van der Waals surface area contributed by atoms with Crippen LogP contribution in [0.2, 0.25) is 0 Å². The number of ether oxygens (including phenoxy) is 1. The van der Waals surface area contributed by atoms with E-state index in [2.05, 4.69) is 26.6 Å². The predicted octanol–water partition coefficient (Wildman–Crippen LogP) is 0.994. The number of anilines is 1. The van der Waals surface area contributed by atoms with Crippen molar-refractivity contribution < 1.29 is 23.9 Å². The van der Waals surface area contributed by atoms with Crippen LogP contribution in [-0.4, -0.2) is 30.9 Å². The van der Waals surface area contributed by atoms with Crippen LogP contribution in [0.5, 0.6) is 0 Å². The molecule has 1 aromatic carbocycles. The summed E-state index contributed by atoms with van der Waals surface area (Å²) in [5.41, 5.74) is 0.722. The molecule has 0 saturated carbocycles. The van der Waals surface area contributed by atoms with Gasteiger partial charge in [0.05, 0.1) is 17.8 Å². The molecule has 2 amide bonds. The van der Waals surface area contributed by atoms with Crippen LogP contribution < -0.4 is 15.4 Å². The molecular formula is C16H14BrN3O5. The lowest BCUT2D eigenvalue weighted by atomic mass is 10.3. The minimum Gasteiger partial charge on any atom is -0.619 e. The zero-order valence-electron chi connectivity index (χ0n) is 12.9. The van der Waals surface area contributed by atoms with Crippen molar-refractivity contribution in [1.29, 1.82) is 0 Å². The molecular weight excluding hydrogens is 394 g/mol. The molecule has 25 heavy (non-hydrogen) atoms. The van der Waals surface area contributed by atoms with Crippen molar-refractivity contribution in [2.45, 2.75) is 0 Å². The lowest BCUT2D eigenvalue weighted by Crippen LogP contribution is -2.35. The smallest absolute Gasteiger partial charge is 0.339 e. The van der Waals surface area contributed by atoms with Crippen molar-refractivity contribution in [3.8, 4) is 0 Å². The largest absolute Gasteiger partial charge is 0.619 e. The van der Waals surface area contributed by atoms with Crippen LogP contribution in [0.3, 0.4) is 0 Å². The van der Waals surface area contributed by atoms with Gasteiger partial charge in [-0.05, 0) is 28.1 Å². The van der Waals surface area contributed by atoms with Crippen molar-refractivity contribution in [3.05, 3.63) is 64.0 Å². The molecule has 0 radical (unpaired) electrons. The topological polar surface area (TPSA) is 111 Å². The number of para-hydroxylation sites is 1. The fourth-order valence-corrected chi connectivity index (χ4v) is 2.13. The third-order valence-electron chi connectivity index (χ3n) is 2.97. The Balaban J connectivity index is 1.73. The predicted molar refractivity (Wildman–Crippen MR) is 91.5 cm³/mol. The van der Waals surface area contributed by atoms with Crippen LogP contribution in [-0.2, 0) is 14.3 Å². The van der Waals surface area contributed by atoms with Crippen molar-refractivity contribution in [3.63, 3.8) is 0 Å². The van der Waals surface area contributed by atoms with Crippen molar-refractivity contribution in [2.24, 2.45) is 0 Å². The van der Waals surface area contributed by atoms with E-state index in [1.54, 1.807) is 24.3 Å². The number of hydrogen-bond acceptors (Lipinski definition) is 5. The lowest BCUT2D eigenvalue weighted by molar-refractivity contribution is -0.605. The summed E-state index contributed by atoms with van der Waals surface area (Å²) in [6.07, 6.45) is 2.28. The molecule has 1 aromatic heterocycles. The van der Waals surface area contributed by atoms with E-state index in [0.29, 0.717) is 14.9 Å². The van der Waals surface area contributed by atoms with Gasteiger partial charge in [0, 0.05) is 16.6 Å². The average molecular weight is 408 g/mol. The maximum absolute atomic E-state index is 11.8. The number of pyridine rings is 1. The SMILES string of the molecule is O=C(COC(=O)c1cc[n+]([O-])cc1)NCC(=O)Nc1ccccc1Br. The molecule has 0 aliphatic rings. The molecule has 0 unspecified atom stereocenters. The van der Waals surface area contributed by atoms with E-state index in [4.69, 9.17) is 4.74 Å². The van der Waals surface area contributed by atoms with Crippen molar-refractivity contribution in [2.75, 3.05) is 18.5 Å². The van der Waals surface area contributed by atoms with Gasteiger partial charge in [0.1, 0.15) is 0 Å². The van der Waals surface area contributed by atoms with Crippen LogP contribution >= 0.6 is 15.9 Å². The first kappa shape index (κ1) is 18.4. The number of nitrogens with zero attached hydrogens (tertiary/aromatic N) is 1. The zero-order chi connectivity index (χ0) is 18.2. The van der Waals surface area contributed by atoms with E-state index in [1.807, 2.05) is 0 Å². The number of carbonyl (C=O) groups excluding carboxylic acids is 3. The van der Waals surface area contributed by atoms with Crippen LogP contribution in [0.25, 0.3) is 0 Å². The quantitative estimate of drug-likeness (QED) is 0.421. The second kappa shape index (κ2) is 8.78. The Hall–Kier alpha value is -2.94. The number of amides is 2. The first-order chi connectivity index (χ1) is 12.0. The van der Waals surface area contributed by atoms with Crippen LogP contribution in [0.1, 0.15) is 10.4 Å². The lowest BCUT2D eigenvalue weighted by Gasteiger charge is -2.08. The molecule has 0 aliphatic carbocycles. The zero-order valence-corrected chi connectivity index (χ0v) is 14.5. The summed E-state index contributed by atoms with van der Waals surface area (Å²) in [5, 5.41) is 15.8. The van der Waals surface area contributed by atoms with E-state index in [-0.39, 0.29) is 12.1 Å². The molecule has 0 aliphatic heterocycles. The van der Waals surface area contributed by atoms with Crippen LogP contribution in [0.15, 0.2) is 53.3 Å². The Morgan fingerprint density at radius 1 is 1.08 bits per heavy atom. The standard InChI is InChI=1S/C16H14BrN3O5/c17-12-3-1-2-4-13(12)19-14(21)9-18-15(22)10-25-16(23)11-5-7-20(24)8-6-11/h1-8H,9-10H2,(H,18,22)(H,19,21). The Bertz CT molecular complexity index is 780. The Morgan fingerprint density at radius 2 is 1.76 bits per heavy atom. The van der Waals surface area contributed by atoms with Gasteiger partial charge in [-0.3, -0.25) is 9.59 Å². The van der Waals surface area contributed by atoms with E-state index < -0.39 is 24.4 Å². The van der Waals surface area contributed by atoms with Gasteiger partial charge in [-0.15, -0.1) is 0 Å². The second-order valence-corrected chi connectivity index (χ2v) is 5.68. The van der Waals surface area contributed by atoms with E-state index in [9.17, 15) is 19.6 Å². The highest BCUT2D eigenvalue weighted by Crippen LogP contribution is 2.20. The van der Waals surface area contributed by atoms with Gasteiger partial charge < -0.3 is 20.6 Å². The maximum Gasteiger partial charge on any atom is 0.339 e. The third-order valence-corrected chi connectivity index (χ3v) is 3.66. The van der Waals surface area contributed by atoms with E-state index in [0.717, 1.165) is 12.4 Å². The Kier molecular flexibility index (Phi) is 6.47. The highest BCUT2D eigenvalue weighted by molar-refractivity contribution is 9.10. The molecule has 2 rings (SSSR count). The van der Waals surface area contributed by atoms with Gasteiger partial charge in [-0.1, -0.05) is 12.1 Å². The molecule has 2 aromatic rings. The molecule has 0 saturated heterocycles. The Morgan fingerprint density at radius 3 is 2.44 bits per heavy atom. The van der Waals surface area contributed by atoms with Crippen LogP contribution in [0, 0.1) is 5.21 Å². The number of esters is 1. The molecule has 0 atom stereocenters. The minimum absolute atomic E-state index is 0.145. The Labute approximate surface area is 151 Å². The number of hydrogen-bond donors (Lipinski definition) is 2. The number of nitrogens with one attached hydrogen (secondary N) is 2. The average Bonchev–Trinajstić information content (AvgIpc) is 2.60. The summed E-state index contributed by atoms with van der Waals surface area (Å²) in [6, 6.07) is 9.59. The minimum atomic E-state index is -0.742. The maximum atomic E-state index is 11.8. The molecule has 0 bridgehead atoms. The normalized spacial score (nSPS) is 9.96. The van der Waals surface area contributed by atoms with Gasteiger partial charge >= 0.3 is 5.97 Å². The summed E-state index contributed by atoms with van der Waals surface area (Å²) in [7, 11) is 0. The van der Waals surface area contributed by atoms with Gasteiger partial charge in [-0.25, -0.2) is 4.79 Å². The van der Waals surface area contributed by atoms with E-state index in [1.165, 1.54) is 12.1 Å². The summed E-state index contributed by atoms with van der Waals surface area (Å²) in [5.74, 6) is -1.78. The third kappa shape index (κ3) is 5.88. The van der Waals surface area contributed by atoms with Crippen molar-refractivity contribution >= 4 is 39.4 Å². The first-order valence-electron chi connectivity index (χ1n) is 7.13. The molecule has 9 heteroatoms. The summed E-state index contributed by atoms with van der Waals surface area (Å²) < 4.78 is 6.03. The summed E-state index contributed by atoms with van der Waals surface area (Å²) in [6.45, 7) is -0.799. The number of rotatable bonds is 6. The molecule has 2 N–H and O–H groups in total.